The average Bonchev–Trinajstić information content (AvgIpc) is 2.78. The molecule has 1 aliphatic rings. The van der Waals surface area contributed by atoms with Crippen LogP contribution in [0.2, 0.25) is 0 Å². The van der Waals surface area contributed by atoms with Crippen molar-refractivity contribution in [2.75, 3.05) is 24.6 Å². The molecule has 0 bridgehead atoms. The predicted octanol–water partition coefficient (Wildman–Crippen LogP) is 2.47. The monoisotopic (exact) mass is 282 g/mol. The second-order valence-electron chi connectivity index (χ2n) is 5.58. The molecule has 1 fully saturated rings. The van der Waals surface area contributed by atoms with E-state index in [9.17, 15) is 4.79 Å². The summed E-state index contributed by atoms with van der Waals surface area (Å²) in [5, 5.41) is 6.76. The van der Waals surface area contributed by atoms with Gasteiger partial charge < -0.3 is 16.4 Å². The molecule has 1 saturated carbocycles. The van der Waals surface area contributed by atoms with Gasteiger partial charge in [-0.1, -0.05) is 26.2 Å². The molecule has 106 valence electrons. The Kier molecular flexibility index (Phi) is 4.29. The summed E-state index contributed by atoms with van der Waals surface area (Å²) >= 11 is 1.26. The number of nitrogens with two attached hydrogens (primary N) is 1. The van der Waals surface area contributed by atoms with Gasteiger partial charge >= 0.3 is 0 Å². The van der Waals surface area contributed by atoms with Gasteiger partial charge in [-0.2, -0.15) is 4.37 Å². The molecular weight excluding hydrogens is 260 g/mol. The quantitative estimate of drug-likeness (QED) is 0.792. The van der Waals surface area contributed by atoms with Crippen LogP contribution in [0.3, 0.4) is 0 Å². The number of anilines is 2. The lowest BCUT2D eigenvalue weighted by Crippen LogP contribution is -2.29. The molecule has 0 saturated heterocycles. The summed E-state index contributed by atoms with van der Waals surface area (Å²) in [5.41, 5.74) is 6.55. The largest absolute Gasteiger partial charge is 0.382 e. The minimum atomic E-state index is -0.178. The molecule has 1 aromatic rings. The van der Waals surface area contributed by atoms with Crippen LogP contribution in [0, 0.1) is 5.41 Å². The molecule has 19 heavy (non-hydrogen) atoms. The fraction of sp³-hybridized carbons (Fsp3) is 0.692. The van der Waals surface area contributed by atoms with Crippen molar-refractivity contribution in [3.05, 3.63) is 5.56 Å². The van der Waals surface area contributed by atoms with Crippen molar-refractivity contribution in [2.24, 2.45) is 5.41 Å². The molecule has 0 aliphatic heterocycles. The lowest BCUT2D eigenvalue weighted by atomic mass is 9.76. The highest BCUT2D eigenvalue weighted by atomic mass is 32.1. The van der Waals surface area contributed by atoms with Crippen molar-refractivity contribution >= 4 is 28.3 Å². The van der Waals surface area contributed by atoms with Crippen LogP contribution in [0.25, 0.3) is 0 Å². The second kappa shape index (κ2) is 5.77. The lowest BCUT2D eigenvalue weighted by Gasteiger charge is -2.33. The van der Waals surface area contributed by atoms with E-state index in [1.807, 2.05) is 0 Å². The average molecular weight is 282 g/mol. The molecule has 0 unspecified atom stereocenters. The molecule has 1 aromatic heterocycles. The molecular formula is C13H22N4OS. The highest BCUT2D eigenvalue weighted by molar-refractivity contribution is 7.11. The molecule has 1 heterocycles. The normalized spacial score (nSPS) is 18.0. The number of aromatic nitrogens is 1. The van der Waals surface area contributed by atoms with Crippen molar-refractivity contribution in [3.63, 3.8) is 0 Å². The van der Waals surface area contributed by atoms with Crippen molar-refractivity contribution in [1.82, 2.24) is 9.69 Å². The van der Waals surface area contributed by atoms with Gasteiger partial charge in [0, 0.05) is 13.6 Å². The van der Waals surface area contributed by atoms with E-state index in [2.05, 4.69) is 21.9 Å². The smallest absolute Gasteiger partial charge is 0.257 e. The minimum absolute atomic E-state index is 0.178. The first kappa shape index (κ1) is 14.1. The van der Waals surface area contributed by atoms with Crippen LogP contribution in [0.15, 0.2) is 0 Å². The summed E-state index contributed by atoms with van der Waals surface area (Å²) in [5.74, 6) is 0.128. The number of hydrogen-bond donors (Lipinski definition) is 3. The molecule has 4 N–H and O–H groups in total. The molecule has 0 aromatic carbocycles. The summed E-state index contributed by atoms with van der Waals surface area (Å²) in [6.45, 7) is 3.18. The van der Waals surface area contributed by atoms with E-state index < -0.39 is 0 Å². The SMILES string of the molecule is CNC(=O)c1c(N)nsc1NCC1(C)CCCCC1. The van der Waals surface area contributed by atoms with Crippen molar-refractivity contribution in [3.8, 4) is 0 Å². The van der Waals surface area contributed by atoms with Gasteiger partial charge in [-0.15, -0.1) is 0 Å². The van der Waals surface area contributed by atoms with Crippen LogP contribution in [0.1, 0.15) is 49.4 Å². The number of carbonyl (C=O) groups is 1. The van der Waals surface area contributed by atoms with Gasteiger partial charge in [0.1, 0.15) is 10.6 Å². The molecule has 0 atom stereocenters. The minimum Gasteiger partial charge on any atom is -0.382 e. The van der Waals surface area contributed by atoms with E-state index in [4.69, 9.17) is 5.73 Å². The highest BCUT2D eigenvalue weighted by Gasteiger charge is 2.27. The van der Waals surface area contributed by atoms with Gasteiger partial charge in [-0.05, 0) is 29.8 Å². The molecule has 0 spiro atoms. The lowest BCUT2D eigenvalue weighted by molar-refractivity contribution is 0.0965. The second-order valence-corrected chi connectivity index (χ2v) is 6.35. The van der Waals surface area contributed by atoms with Crippen molar-refractivity contribution < 1.29 is 4.79 Å². The zero-order valence-corrected chi connectivity index (χ0v) is 12.4. The summed E-state index contributed by atoms with van der Waals surface area (Å²) in [6.07, 6.45) is 6.41. The summed E-state index contributed by atoms with van der Waals surface area (Å²) in [7, 11) is 1.60. The molecule has 5 nitrogen and oxygen atoms in total. The van der Waals surface area contributed by atoms with Gasteiger partial charge in [0.2, 0.25) is 0 Å². The van der Waals surface area contributed by atoms with Crippen molar-refractivity contribution in [2.45, 2.75) is 39.0 Å². The number of nitrogens with zero attached hydrogens (tertiary/aromatic N) is 1. The summed E-state index contributed by atoms with van der Waals surface area (Å²) in [4.78, 5) is 11.8. The molecule has 1 amide bonds. The van der Waals surface area contributed by atoms with Crippen LogP contribution in [0.4, 0.5) is 10.8 Å². The first-order valence-electron chi connectivity index (χ1n) is 6.77. The van der Waals surface area contributed by atoms with Crippen molar-refractivity contribution in [1.29, 1.82) is 0 Å². The van der Waals surface area contributed by atoms with Crippen LogP contribution >= 0.6 is 11.5 Å². The number of carbonyl (C=O) groups excluding carboxylic acids is 1. The number of nitrogens with one attached hydrogen (secondary N) is 2. The Morgan fingerprint density at radius 2 is 2.11 bits per heavy atom. The third-order valence-corrected chi connectivity index (χ3v) is 4.73. The van der Waals surface area contributed by atoms with Crippen LogP contribution in [-0.4, -0.2) is 23.9 Å². The Hall–Kier alpha value is -1.30. The maximum Gasteiger partial charge on any atom is 0.257 e. The standard InChI is InChI=1S/C13H22N4OS/c1-13(6-4-3-5-7-13)8-16-12-9(11(18)15-2)10(14)17-19-12/h16H,3-8H2,1-2H3,(H2,14,17)(H,15,18). The van der Waals surface area contributed by atoms with Crippen LogP contribution < -0.4 is 16.4 Å². The Balaban J connectivity index is 2.05. The molecule has 1 aliphatic carbocycles. The van der Waals surface area contributed by atoms with Crippen LogP contribution in [0.5, 0.6) is 0 Å². The third-order valence-electron chi connectivity index (χ3n) is 3.91. The van der Waals surface area contributed by atoms with Crippen LogP contribution in [-0.2, 0) is 0 Å². The maximum atomic E-state index is 11.8. The fourth-order valence-corrected chi connectivity index (χ4v) is 3.35. The fourth-order valence-electron chi connectivity index (χ4n) is 2.64. The van der Waals surface area contributed by atoms with Gasteiger partial charge in [0.25, 0.3) is 5.91 Å². The van der Waals surface area contributed by atoms with E-state index in [-0.39, 0.29) is 5.91 Å². The zero-order chi connectivity index (χ0) is 13.9. The van der Waals surface area contributed by atoms with Gasteiger partial charge in [-0.3, -0.25) is 4.79 Å². The highest BCUT2D eigenvalue weighted by Crippen LogP contribution is 2.37. The predicted molar refractivity (Wildman–Crippen MR) is 79.6 cm³/mol. The molecule has 0 radical (unpaired) electrons. The summed E-state index contributed by atoms with van der Waals surface area (Å²) in [6, 6.07) is 0. The Labute approximate surface area is 118 Å². The van der Waals surface area contributed by atoms with E-state index in [0.717, 1.165) is 11.5 Å². The number of nitrogen functional groups attached to an aromatic ring is 1. The number of amides is 1. The van der Waals surface area contributed by atoms with E-state index in [1.165, 1.54) is 43.6 Å². The van der Waals surface area contributed by atoms with E-state index >= 15 is 0 Å². The molecule has 2 rings (SSSR count). The third kappa shape index (κ3) is 3.18. The van der Waals surface area contributed by atoms with E-state index in [0.29, 0.717) is 16.8 Å². The number of hydrogen-bond acceptors (Lipinski definition) is 5. The zero-order valence-electron chi connectivity index (χ0n) is 11.6. The molecule has 6 heteroatoms. The topological polar surface area (TPSA) is 80.0 Å². The van der Waals surface area contributed by atoms with Gasteiger partial charge in [0.05, 0.1) is 0 Å². The first-order valence-corrected chi connectivity index (χ1v) is 7.54. The number of rotatable bonds is 4. The maximum absolute atomic E-state index is 11.8. The van der Waals surface area contributed by atoms with Gasteiger partial charge in [0.15, 0.2) is 5.82 Å². The Bertz CT molecular complexity index is 451. The summed E-state index contributed by atoms with van der Waals surface area (Å²) < 4.78 is 4.07. The Morgan fingerprint density at radius 3 is 2.74 bits per heavy atom. The van der Waals surface area contributed by atoms with Gasteiger partial charge in [-0.25, -0.2) is 0 Å². The van der Waals surface area contributed by atoms with E-state index in [1.54, 1.807) is 7.05 Å². The first-order chi connectivity index (χ1) is 9.06. The Morgan fingerprint density at radius 1 is 1.42 bits per heavy atom.